The molecule has 15 heavy (non-hydrogen) atoms. The fraction of sp³-hybridized carbons (Fsp3) is 0.545. The standard InChI is InChI=1S/C11H15ClN2S/c1-11(2)8-14(6-7-15-11)10-5-3-4-9(12)13-10/h3-5H,6-8H2,1-2H3. The molecule has 1 aliphatic rings. The molecule has 1 fully saturated rings. The molecule has 0 bridgehead atoms. The quantitative estimate of drug-likeness (QED) is 0.705. The molecule has 0 atom stereocenters. The molecule has 0 aromatic carbocycles. The van der Waals surface area contributed by atoms with E-state index in [1.165, 1.54) is 0 Å². The van der Waals surface area contributed by atoms with E-state index in [0.29, 0.717) is 9.90 Å². The van der Waals surface area contributed by atoms with Crippen LogP contribution in [0.3, 0.4) is 0 Å². The number of thioether (sulfide) groups is 1. The van der Waals surface area contributed by atoms with E-state index < -0.39 is 0 Å². The molecule has 0 unspecified atom stereocenters. The highest BCUT2D eigenvalue weighted by Gasteiger charge is 2.27. The van der Waals surface area contributed by atoms with Crippen molar-refractivity contribution in [3.63, 3.8) is 0 Å². The summed E-state index contributed by atoms with van der Waals surface area (Å²) < 4.78 is 0.308. The summed E-state index contributed by atoms with van der Waals surface area (Å²) in [6.07, 6.45) is 0. The topological polar surface area (TPSA) is 16.1 Å². The third-order valence-corrected chi connectivity index (χ3v) is 3.96. The lowest BCUT2D eigenvalue weighted by Crippen LogP contribution is -2.43. The molecule has 1 saturated heterocycles. The van der Waals surface area contributed by atoms with Gasteiger partial charge in [0.15, 0.2) is 0 Å². The molecule has 1 aromatic rings. The Morgan fingerprint density at radius 1 is 1.47 bits per heavy atom. The molecule has 0 spiro atoms. The van der Waals surface area contributed by atoms with Crippen molar-refractivity contribution in [2.45, 2.75) is 18.6 Å². The van der Waals surface area contributed by atoms with Crippen LogP contribution in [0.2, 0.25) is 5.15 Å². The van der Waals surface area contributed by atoms with Gasteiger partial charge in [-0.05, 0) is 26.0 Å². The minimum absolute atomic E-state index is 0.308. The van der Waals surface area contributed by atoms with E-state index in [-0.39, 0.29) is 0 Å². The first kappa shape index (κ1) is 11.1. The van der Waals surface area contributed by atoms with Gasteiger partial charge in [0.25, 0.3) is 0 Å². The van der Waals surface area contributed by atoms with Crippen LogP contribution in [0, 0.1) is 0 Å². The molecule has 1 aliphatic heterocycles. The number of aromatic nitrogens is 1. The van der Waals surface area contributed by atoms with Crippen LogP contribution in [0.15, 0.2) is 18.2 Å². The Morgan fingerprint density at radius 2 is 2.27 bits per heavy atom. The number of hydrogen-bond acceptors (Lipinski definition) is 3. The van der Waals surface area contributed by atoms with E-state index in [4.69, 9.17) is 11.6 Å². The van der Waals surface area contributed by atoms with Crippen molar-refractivity contribution in [1.29, 1.82) is 0 Å². The van der Waals surface area contributed by atoms with Gasteiger partial charge in [-0.2, -0.15) is 11.8 Å². The number of anilines is 1. The summed E-state index contributed by atoms with van der Waals surface area (Å²) in [7, 11) is 0. The molecular formula is C11H15ClN2S. The van der Waals surface area contributed by atoms with Crippen molar-refractivity contribution >= 4 is 29.2 Å². The van der Waals surface area contributed by atoms with Gasteiger partial charge in [0.05, 0.1) is 0 Å². The molecule has 0 aliphatic carbocycles. The van der Waals surface area contributed by atoms with Crippen LogP contribution in [0.4, 0.5) is 5.82 Å². The largest absolute Gasteiger partial charge is 0.354 e. The highest BCUT2D eigenvalue weighted by atomic mass is 35.5. The predicted octanol–water partition coefficient (Wildman–Crippen LogP) is 3.07. The first-order chi connectivity index (χ1) is 7.07. The Labute approximate surface area is 100 Å². The fourth-order valence-corrected chi connectivity index (χ4v) is 3.06. The SMILES string of the molecule is CC1(C)CN(c2cccc(Cl)n2)CCS1. The molecule has 0 N–H and O–H groups in total. The molecule has 0 saturated carbocycles. The highest BCUT2D eigenvalue weighted by molar-refractivity contribution is 8.00. The van der Waals surface area contributed by atoms with E-state index >= 15 is 0 Å². The number of pyridine rings is 1. The summed E-state index contributed by atoms with van der Waals surface area (Å²) in [6.45, 7) is 6.63. The van der Waals surface area contributed by atoms with E-state index in [9.17, 15) is 0 Å². The Bertz CT molecular complexity index is 354. The Kier molecular flexibility index (Phi) is 3.12. The average Bonchev–Trinajstić information content (AvgIpc) is 2.16. The number of hydrogen-bond donors (Lipinski definition) is 0. The fourth-order valence-electron chi connectivity index (χ4n) is 1.79. The molecule has 2 nitrogen and oxygen atoms in total. The van der Waals surface area contributed by atoms with Crippen LogP contribution in [-0.2, 0) is 0 Å². The second-order valence-electron chi connectivity index (χ2n) is 4.35. The van der Waals surface area contributed by atoms with Crippen LogP contribution in [0.25, 0.3) is 0 Å². The van der Waals surface area contributed by atoms with Gasteiger partial charge in [-0.25, -0.2) is 4.98 Å². The van der Waals surface area contributed by atoms with Gasteiger partial charge in [-0.3, -0.25) is 0 Å². The van der Waals surface area contributed by atoms with Crippen molar-refractivity contribution in [2.75, 3.05) is 23.7 Å². The first-order valence-corrected chi connectivity index (χ1v) is 6.45. The second-order valence-corrected chi connectivity index (χ2v) is 6.54. The maximum atomic E-state index is 5.89. The highest BCUT2D eigenvalue weighted by Crippen LogP contribution is 2.31. The van der Waals surface area contributed by atoms with Gasteiger partial charge >= 0.3 is 0 Å². The van der Waals surface area contributed by atoms with Crippen LogP contribution in [-0.4, -0.2) is 28.6 Å². The first-order valence-electron chi connectivity index (χ1n) is 5.08. The van der Waals surface area contributed by atoms with Crippen molar-refractivity contribution in [1.82, 2.24) is 4.98 Å². The van der Waals surface area contributed by atoms with Crippen molar-refractivity contribution in [3.8, 4) is 0 Å². The molecule has 1 aromatic heterocycles. The average molecular weight is 243 g/mol. The van der Waals surface area contributed by atoms with Gasteiger partial charge in [0, 0.05) is 23.6 Å². The van der Waals surface area contributed by atoms with E-state index in [1.54, 1.807) is 0 Å². The van der Waals surface area contributed by atoms with Gasteiger partial charge in [0.1, 0.15) is 11.0 Å². The zero-order valence-corrected chi connectivity index (χ0v) is 10.6. The summed E-state index contributed by atoms with van der Waals surface area (Å²) in [6, 6.07) is 5.80. The molecular weight excluding hydrogens is 228 g/mol. The molecule has 2 heterocycles. The van der Waals surface area contributed by atoms with Crippen molar-refractivity contribution in [3.05, 3.63) is 23.4 Å². The van der Waals surface area contributed by atoms with Crippen molar-refractivity contribution < 1.29 is 0 Å². The predicted molar refractivity (Wildman–Crippen MR) is 68.0 cm³/mol. The second kappa shape index (κ2) is 4.22. The monoisotopic (exact) mass is 242 g/mol. The Morgan fingerprint density at radius 3 is 2.93 bits per heavy atom. The summed E-state index contributed by atoms with van der Waals surface area (Å²) in [4.78, 5) is 6.65. The van der Waals surface area contributed by atoms with E-state index in [1.807, 2.05) is 30.0 Å². The Hall–Kier alpha value is -0.410. The van der Waals surface area contributed by atoms with Gasteiger partial charge in [-0.1, -0.05) is 17.7 Å². The molecule has 2 rings (SSSR count). The third-order valence-electron chi connectivity index (χ3n) is 2.45. The van der Waals surface area contributed by atoms with Gasteiger partial charge in [-0.15, -0.1) is 0 Å². The summed E-state index contributed by atoms with van der Waals surface area (Å²) in [5.41, 5.74) is 0. The number of rotatable bonds is 1. The summed E-state index contributed by atoms with van der Waals surface area (Å²) in [5, 5.41) is 0.573. The molecule has 0 amide bonds. The zero-order valence-electron chi connectivity index (χ0n) is 9.03. The third kappa shape index (κ3) is 2.79. The van der Waals surface area contributed by atoms with Crippen LogP contribution in [0.1, 0.15) is 13.8 Å². The maximum absolute atomic E-state index is 5.89. The molecule has 82 valence electrons. The van der Waals surface area contributed by atoms with E-state index in [2.05, 4.69) is 23.7 Å². The lowest BCUT2D eigenvalue weighted by atomic mass is 10.2. The molecule has 0 radical (unpaired) electrons. The maximum Gasteiger partial charge on any atom is 0.131 e. The lowest BCUT2D eigenvalue weighted by molar-refractivity contribution is 0.642. The van der Waals surface area contributed by atoms with Crippen LogP contribution < -0.4 is 4.90 Å². The van der Waals surface area contributed by atoms with Gasteiger partial charge < -0.3 is 4.90 Å². The van der Waals surface area contributed by atoms with Crippen LogP contribution >= 0.6 is 23.4 Å². The Balaban J connectivity index is 2.17. The normalized spacial score (nSPS) is 20.3. The number of halogens is 1. The van der Waals surface area contributed by atoms with Crippen LogP contribution in [0.5, 0.6) is 0 Å². The van der Waals surface area contributed by atoms with E-state index in [0.717, 1.165) is 24.7 Å². The smallest absolute Gasteiger partial charge is 0.131 e. The summed E-state index contributed by atoms with van der Waals surface area (Å²) >= 11 is 7.91. The zero-order chi connectivity index (χ0) is 10.9. The van der Waals surface area contributed by atoms with Gasteiger partial charge in [0.2, 0.25) is 0 Å². The minimum Gasteiger partial charge on any atom is -0.354 e. The van der Waals surface area contributed by atoms with Crippen molar-refractivity contribution in [2.24, 2.45) is 0 Å². The number of nitrogens with zero attached hydrogens (tertiary/aromatic N) is 2. The molecule has 4 heteroatoms. The summed E-state index contributed by atoms with van der Waals surface area (Å²) in [5.74, 6) is 2.15. The lowest BCUT2D eigenvalue weighted by Gasteiger charge is -2.38. The minimum atomic E-state index is 0.308.